The molecule has 3 aliphatic heterocycles. The number of unbranched alkanes of at least 4 members (excludes halogenated alkanes) is 3. The van der Waals surface area contributed by atoms with Gasteiger partial charge < -0.3 is 0 Å². The van der Waals surface area contributed by atoms with Crippen LogP contribution in [-0.2, 0) is 23.7 Å². The second kappa shape index (κ2) is 10.4. The van der Waals surface area contributed by atoms with Crippen molar-refractivity contribution >= 4 is 18.4 Å². The Morgan fingerprint density at radius 1 is 0.710 bits per heavy atom. The predicted octanol–water partition coefficient (Wildman–Crippen LogP) is 5.13. The molecule has 0 spiro atoms. The molecule has 182 valence electrons. The van der Waals surface area contributed by atoms with Gasteiger partial charge in [0, 0.05) is 0 Å². The summed E-state index contributed by atoms with van der Waals surface area (Å²) in [6, 6.07) is 0. The van der Waals surface area contributed by atoms with E-state index in [4.69, 9.17) is 23.7 Å². The first-order chi connectivity index (χ1) is 14.6. The molecule has 0 amide bonds. The molecule has 31 heavy (non-hydrogen) atoms. The summed E-state index contributed by atoms with van der Waals surface area (Å²) in [5.74, 6) is -1.46. The summed E-state index contributed by atoms with van der Waals surface area (Å²) in [6.07, 6.45) is 5.21. The van der Waals surface area contributed by atoms with E-state index in [-0.39, 0.29) is 18.3 Å². The Morgan fingerprint density at radius 2 is 1.16 bits per heavy atom. The summed E-state index contributed by atoms with van der Waals surface area (Å²) in [6.45, 7) is 14.4. The van der Waals surface area contributed by atoms with Crippen LogP contribution in [0.3, 0.4) is 0 Å². The number of hydrogen-bond acceptors (Lipinski definition) is 6. The number of hydrogen-bond donors (Lipinski definition) is 1. The second-order valence-corrected chi connectivity index (χ2v) is 24.5. The molecule has 0 bridgehead atoms. The van der Waals surface area contributed by atoms with Crippen LogP contribution in [0, 0.1) is 0 Å². The molecule has 0 saturated carbocycles. The molecule has 6 atom stereocenters. The zero-order valence-corrected chi connectivity index (χ0v) is 23.7. The van der Waals surface area contributed by atoms with Crippen molar-refractivity contribution in [3.05, 3.63) is 0 Å². The Balaban J connectivity index is 1.92. The minimum atomic E-state index is -2.98. The Labute approximate surface area is 193 Å². The first kappa shape index (κ1) is 26.2. The molecule has 0 aliphatic carbocycles. The van der Waals surface area contributed by atoms with Crippen LogP contribution in [-0.4, -0.2) is 69.9 Å². The second-order valence-electron chi connectivity index (χ2n) is 10.8. The Kier molecular flexibility index (Phi) is 8.82. The SMILES string of the molecule is CCC[CH2][Sn]([CH2]CCC)([CH2]CCC)[CH](O)[C@H]1O[C@@H]2OC(C)(C)O[C@@H]2[C@H]2OC(C)(C)O[C@H]21. The van der Waals surface area contributed by atoms with Crippen LogP contribution in [0.15, 0.2) is 0 Å². The van der Waals surface area contributed by atoms with E-state index >= 15 is 0 Å². The number of rotatable bonds is 11. The maximum absolute atomic E-state index is 12.1. The molecular formula is C24H46O6Sn. The third kappa shape index (κ3) is 5.80. The Morgan fingerprint density at radius 3 is 1.68 bits per heavy atom. The molecule has 7 heteroatoms. The number of ether oxygens (including phenoxy) is 5. The first-order valence-electron chi connectivity index (χ1n) is 12.6. The van der Waals surface area contributed by atoms with E-state index < -0.39 is 46.5 Å². The standard InChI is InChI=1S/C12H19O6.3C4H9.Sn/c1-11(2)15-7-6(5-13)14-10-9(8(7)16-11)17-12(3,4)18-10;3*1-3-4-2;/h5-10,13H,1-4H3;3*1,3-4H2,2H3;/t6-,7+,8+,9-,10-;;;;/m1..../s1. The van der Waals surface area contributed by atoms with Gasteiger partial charge in [0.05, 0.1) is 0 Å². The van der Waals surface area contributed by atoms with E-state index in [0.29, 0.717) is 0 Å². The van der Waals surface area contributed by atoms with Crippen molar-refractivity contribution in [1.29, 1.82) is 0 Å². The van der Waals surface area contributed by atoms with Gasteiger partial charge in [0.25, 0.3) is 0 Å². The summed E-state index contributed by atoms with van der Waals surface area (Å²) in [4.78, 5) is 0. The first-order valence-corrected chi connectivity index (χ1v) is 20.3. The molecule has 1 unspecified atom stereocenters. The molecule has 3 aliphatic rings. The summed E-state index contributed by atoms with van der Waals surface area (Å²) in [5, 5.41) is 12.1. The van der Waals surface area contributed by atoms with Crippen LogP contribution < -0.4 is 0 Å². The van der Waals surface area contributed by atoms with Gasteiger partial charge in [-0.2, -0.15) is 0 Å². The van der Waals surface area contributed by atoms with E-state index in [1.165, 1.54) is 51.8 Å². The Bertz CT molecular complexity index is 561. The van der Waals surface area contributed by atoms with Crippen molar-refractivity contribution in [1.82, 2.24) is 0 Å². The molecule has 0 aromatic rings. The summed E-state index contributed by atoms with van der Waals surface area (Å²) in [5.41, 5.74) is 0. The molecular weight excluding hydrogens is 503 g/mol. The van der Waals surface area contributed by atoms with Crippen molar-refractivity contribution in [2.75, 3.05) is 0 Å². The van der Waals surface area contributed by atoms with E-state index in [2.05, 4.69) is 20.8 Å². The molecule has 0 radical (unpaired) electrons. The fourth-order valence-electron chi connectivity index (χ4n) is 5.65. The van der Waals surface area contributed by atoms with Crippen molar-refractivity contribution in [2.24, 2.45) is 0 Å². The number of aliphatic hydroxyl groups excluding tert-OH is 1. The summed E-state index contributed by atoms with van der Waals surface area (Å²) in [7, 11) is 0. The third-order valence-corrected chi connectivity index (χ3v) is 23.3. The molecule has 0 aromatic heterocycles. The van der Waals surface area contributed by atoms with Crippen LogP contribution in [0.4, 0.5) is 0 Å². The molecule has 3 rings (SSSR count). The van der Waals surface area contributed by atoms with Crippen molar-refractivity contribution in [2.45, 2.75) is 147 Å². The van der Waals surface area contributed by atoms with Crippen molar-refractivity contribution in [3.8, 4) is 0 Å². The summed E-state index contributed by atoms with van der Waals surface area (Å²) < 4.78 is 34.6. The van der Waals surface area contributed by atoms with Gasteiger partial charge in [-0.3, -0.25) is 0 Å². The van der Waals surface area contributed by atoms with Gasteiger partial charge in [0.15, 0.2) is 0 Å². The molecule has 3 heterocycles. The van der Waals surface area contributed by atoms with Crippen LogP contribution >= 0.6 is 0 Å². The number of fused-ring (bicyclic) bond motifs is 3. The average molecular weight is 549 g/mol. The van der Waals surface area contributed by atoms with Crippen LogP contribution in [0.2, 0.25) is 13.3 Å². The zero-order valence-electron chi connectivity index (χ0n) is 20.8. The van der Waals surface area contributed by atoms with Crippen LogP contribution in [0.1, 0.15) is 87.0 Å². The molecule has 1 N–H and O–H groups in total. The quantitative estimate of drug-likeness (QED) is 0.361. The Hall–Kier alpha value is 0.559. The topological polar surface area (TPSA) is 66.4 Å². The van der Waals surface area contributed by atoms with Crippen LogP contribution in [0.5, 0.6) is 0 Å². The van der Waals surface area contributed by atoms with E-state index in [1.54, 1.807) is 0 Å². The van der Waals surface area contributed by atoms with Gasteiger partial charge in [0.1, 0.15) is 0 Å². The third-order valence-electron chi connectivity index (χ3n) is 7.21. The fourth-order valence-corrected chi connectivity index (χ4v) is 22.1. The molecule has 3 saturated heterocycles. The fraction of sp³-hybridized carbons (Fsp3) is 1.00. The molecule has 6 nitrogen and oxygen atoms in total. The van der Waals surface area contributed by atoms with E-state index in [1.807, 2.05) is 27.7 Å². The van der Waals surface area contributed by atoms with Gasteiger partial charge in [-0.15, -0.1) is 0 Å². The van der Waals surface area contributed by atoms with E-state index in [9.17, 15) is 5.11 Å². The van der Waals surface area contributed by atoms with Gasteiger partial charge in [-0.1, -0.05) is 0 Å². The van der Waals surface area contributed by atoms with Gasteiger partial charge in [0.2, 0.25) is 0 Å². The van der Waals surface area contributed by atoms with Gasteiger partial charge >= 0.3 is 194 Å². The zero-order chi connectivity index (χ0) is 22.9. The monoisotopic (exact) mass is 550 g/mol. The summed E-state index contributed by atoms with van der Waals surface area (Å²) >= 11 is -2.98. The minimum absolute atomic E-state index is 0.289. The number of aliphatic hydroxyl groups is 1. The molecule has 3 fully saturated rings. The van der Waals surface area contributed by atoms with Crippen molar-refractivity contribution in [3.63, 3.8) is 0 Å². The van der Waals surface area contributed by atoms with Gasteiger partial charge in [-0.05, 0) is 0 Å². The normalized spacial score (nSPS) is 35.0. The predicted molar refractivity (Wildman–Crippen MR) is 123 cm³/mol. The average Bonchev–Trinajstić information content (AvgIpc) is 3.20. The van der Waals surface area contributed by atoms with E-state index in [0.717, 1.165) is 0 Å². The molecule has 0 aromatic carbocycles. The maximum atomic E-state index is 12.1. The van der Waals surface area contributed by atoms with Gasteiger partial charge in [-0.25, -0.2) is 0 Å². The van der Waals surface area contributed by atoms with Crippen molar-refractivity contribution < 1.29 is 28.8 Å². The van der Waals surface area contributed by atoms with Crippen LogP contribution in [0.25, 0.3) is 0 Å².